The van der Waals surface area contributed by atoms with Gasteiger partial charge in [0.1, 0.15) is 22.9 Å². The third-order valence-electron chi connectivity index (χ3n) is 7.41. The van der Waals surface area contributed by atoms with Crippen LogP contribution in [-0.2, 0) is 4.12 Å². The van der Waals surface area contributed by atoms with E-state index in [1.54, 1.807) is 14.2 Å². The number of hydrogen-bond acceptors (Lipinski definition) is 5. The van der Waals surface area contributed by atoms with Crippen LogP contribution < -0.4 is 19.8 Å². The van der Waals surface area contributed by atoms with Crippen molar-refractivity contribution in [2.45, 2.75) is 26.2 Å². The molecule has 0 atom stereocenters. The smallest absolute Gasteiger partial charge is 0.206 e. The van der Waals surface area contributed by atoms with E-state index >= 15 is 0 Å². The van der Waals surface area contributed by atoms with E-state index in [2.05, 4.69) is 50.5 Å². The molecule has 0 unspecified atom stereocenters. The fourth-order valence-electron chi connectivity index (χ4n) is 5.62. The average Bonchev–Trinajstić information content (AvgIpc) is 3.08. The Morgan fingerprint density at radius 2 is 0.946 bits per heavy atom. The zero-order valence-electron chi connectivity index (χ0n) is 22.0. The molecule has 1 aliphatic heterocycles. The minimum Gasteiger partial charge on any atom is -0.497 e. The lowest BCUT2D eigenvalue weighted by Gasteiger charge is -2.22. The molecular weight excluding hydrogens is 493 g/mol. The van der Waals surface area contributed by atoms with E-state index in [4.69, 9.17) is 23.8 Å². The van der Waals surface area contributed by atoms with Crippen LogP contribution in [0.4, 0.5) is 0 Å². The molecule has 0 N–H and O–H groups in total. The van der Waals surface area contributed by atoms with Gasteiger partial charge in [-0.15, -0.1) is 10.2 Å². The van der Waals surface area contributed by atoms with E-state index < -0.39 is 16.6 Å². The maximum atomic E-state index is 6.73. The Hall–Kier alpha value is -3.53. The molecule has 186 valence electrons. The number of rotatable bonds is 4. The van der Waals surface area contributed by atoms with Gasteiger partial charge in [0.05, 0.1) is 14.2 Å². The molecule has 0 radical (unpaired) electrons. The van der Waals surface area contributed by atoms with Crippen LogP contribution in [0.3, 0.4) is 0 Å². The van der Waals surface area contributed by atoms with Crippen molar-refractivity contribution in [2.75, 3.05) is 14.2 Å². The molecule has 1 aliphatic rings. The SMILES string of the molecule is COc1ccc(-c2nnc(-c3ccc(OC)cc3)c3cc4cc5c(cc4cc23)[Si](C)(C)O[Si]5(C)C)cc1. The van der Waals surface area contributed by atoms with Crippen LogP contribution in [-0.4, -0.2) is 41.1 Å². The van der Waals surface area contributed by atoms with Gasteiger partial charge < -0.3 is 13.6 Å². The summed E-state index contributed by atoms with van der Waals surface area (Å²) in [5, 5.41) is 16.9. The van der Waals surface area contributed by atoms with Crippen molar-refractivity contribution in [1.82, 2.24) is 10.2 Å². The van der Waals surface area contributed by atoms with Crippen LogP contribution in [0.25, 0.3) is 44.1 Å². The van der Waals surface area contributed by atoms with Gasteiger partial charge in [0.25, 0.3) is 0 Å². The first-order valence-electron chi connectivity index (χ1n) is 12.5. The standard InChI is InChI=1S/C30H30N2O3Si2/c1-33-23-11-7-19(8-12-23)29-25-15-21-17-27-28(37(5,6)35-36(27,3)4)18-22(21)16-26(25)30(32-31-29)20-9-13-24(34-2)14-10-20/h7-18H,1-6H3. The van der Waals surface area contributed by atoms with Crippen molar-refractivity contribution < 1.29 is 13.6 Å². The van der Waals surface area contributed by atoms with Crippen molar-refractivity contribution in [2.24, 2.45) is 0 Å². The number of aromatic nitrogens is 2. The van der Waals surface area contributed by atoms with E-state index in [0.717, 1.165) is 44.8 Å². The molecule has 1 aromatic heterocycles. The quantitative estimate of drug-likeness (QED) is 0.214. The van der Waals surface area contributed by atoms with Crippen LogP contribution in [0.15, 0.2) is 72.8 Å². The second-order valence-corrected chi connectivity index (χ2v) is 18.6. The molecular formula is C30H30N2O3Si2. The fourth-order valence-corrected chi connectivity index (χ4v) is 15.9. The average molecular weight is 523 g/mol. The number of benzene rings is 4. The van der Waals surface area contributed by atoms with E-state index in [1.807, 2.05) is 48.5 Å². The Morgan fingerprint density at radius 1 is 0.568 bits per heavy atom. The molecule has 5 nitrogen and oxygen atoms in total. The molecule has 5 aromatic rings. The highest BCUT2D eigenvalue weighted by atomic mass is 28.4. The molecule has 0 bridgehead atoms. The van der Waals surface area contributed by atoms with Crippen LogP contribution in [0.5, 0.6) is 11.5 Å². The van der Waals surface area contributed by atoms with Crippen LogP contribution in [0.1, 0.15) is 0 Å². The summed E-state index contributed by atoms with van der Waals surface area (Å²) < 4.78 is 17.5. The van der Waals surface area contributed by atoms with Gasteiger partial charge >= 0.3 is 0 Å². The van der Waals surface area contributed by atoms with Crippen LogP contribution in [0, 0.1) is 0 Å². The van der Waals surface area contributed by atoms with E-state index in [0.29, 0.717) is 0 Å². The molecule has 37 heavy (non-hydrogen) atoms. The van der Waals surface area contributed by atoms with Crippen molar-refractivity contribution >= 4 is 48.6 Å². The molecule has 0 fully saturated rings. The van der Waals surface area contributed by atoms with Gasteiger partial charge in [0, 0.05) is 21.9 Å². The molecule has 7 heteroatoms. The molecule has 6 rings (SSSR count). The highest BCUT2D eigenvalue weighted by molar-refractivity contribution is 7.06. The first kappa shape index (κ1) is 23.8. The van der Waals surface area contributed by atoms with Crippen LogP contribution >= 0.6 is 0 Å². The van der Waals surface area contributed by atoms with Crippen molar-refractivity contribution in [1.29, 1.82) is 0 Å². The molecule has 2 heterocycles. The number of ether oxygens (including phenoxy) is 2. The van der Waals surface area contributed by atoms with Gasteiger partial charge in [0.2, 0.25) is 16.6 Å². The lowest BCUT2D eigenvalue weighted by Crippen LogP contribution is -2.43. The molecule has 0 aliphatic carbocycles. The Bertz CT molecular complexity index is 1540. The molecule has 0 saturated heterocycles. The maximum Gasteiger partial charge on any atom is 0.206 e. The summed E-state index contributed by atoms with van der Waals surface area (Å²) >= 11 is 0. The first-order valence-corrected chi connectivity index (χ1v) is 18.3. The first-order chi connectivity index (χ1) is 17.7. The predicted molar refractivity (Wildman–Crippen MR) is 156 cm³/mol. The van der Waals surface area contributed by atoms with Crippen LogP contribution in [0.2, 0.25) is 26.2 Å². The second-order valence-electron chi connectivity index (χ2n) is 10.6. The molecule has 0 spiro atoms. The Balaban J connectivity index is 1.65. The summed E-state index contributed by atoms with van der Waals surface area (Å²) in [4.78, 5) is 0. The number of nitrogens with zero attached hydrogens (tertiary/aromatic N) is 2. The number of methoxy groups -OCH3 is 2. The largest absolute Gasteiger partial charge is 0.497 e. The van der Waals surface area contributed by atoms with E-state index in [9.17, 15) is 0 Å². The molecule has 0 amide bonds. The minimum atomic E-state index is -1.93. The van der Waals surface area contributed by atoms with E-state index in [-0.39, 0.29) is 0 Å². The maximum absolute atomic E-state index is 6.73. The molecule has 4 aromatic carbocycles. The van der Waals surface area contributed by atoms with Gasteiger partial charge in [-0.05, 0) is 108 Å². The summed E-state index contributed by atoms with van der Waals surface area (Å²) in [6.45, 7) is 9.26. The summed E-state index contributed by atoms with van der Waals surface area (Å²) in [6.07, 6.45) is 0. The van der Waals surface area contributed by atoms with Gasteiger partial charge in [-0.3, -0.25) is 0 Å². The topological polar surface area (TPSA) is 53.5 Å². The Labute approximate surface area is 219 Å². The highest BCUT2D eigenvalue weighted by Crippen LogP contribution is 2.36. The van der Waals surface area contributed by atoms with Crippen molar-refractivity contribution in [3.05, 3.63) is 72.8 Å². The number of hydrogen-bond donors (Lipinski definition) is 0. The Kier molecular flexibility index (Phi) is 5.49. The van der Waals surface area contributed by atoms with Gasteiger partial charge in [-0.1, -0.05) is 12.1 Å². The highest BCUT2D eigenvalue weighted by Gasteiger charge is 2.46. The zero-order valence-corrected chi connectivity index (χ0v) is 24.0. The summed E-state index contributed by atoms with van der Waals surface area (Å²) in [5.74, 6) is 1.63. The van der Waals surface area contributed by atoms with Gasteiger partial charge in [-0.25, -0.2) is 0 Å². The summed E-state index contributed by atoms with van der Waals surface area (Å²) in [7, 11) is -0.512. The summed E-state index contributed by atoms with van der Waals surface area (Å²) in [5.41, 5.74) is 3.73. The van der Waals surface area contributed by atoms with Crippen molar-refractivity contribution in [3.8, 4) is 34.0 Å². The van der Waals surface area contributed by atoms with Gasteiger partial charge in [-0.2, -0.15) is 0 Å². The zero-order chi connectivity index (χ0) is 25.9. The fraction of sp³-hybridized carbons (Fsp3) is 0.200. The van der Waals surface area contributed by atoms with Gasteiger partial charge in [0.15, 0.2) is 0 Å². The Morgan fingerprint density at radius 3 is 1.30 bits per heavy atom. The predicted octanol–water partition coefficient (Wildman–Crippen LogP) is 5.99. The van der Waals surface area contributed by atoms with E-state index in [1.165, 1.54) is 21.1 Å². The lowest BCUT2D eigenvalue weighted by atomic mass is 9.97. The summed E-state index contributed by atoms with van der Waals surface area (Å²) in [6, 6.07) is 25.3. The minimum absolute atomic E-state index is 0.816. The molecule has 0 saturated carbocycles. The number of fused-ring (bicyclic) bond motifs is 3. The monoisotopic (exact) mass is 522 g/mol. The third-order valence-corrected chi connectivity index (χ3v) is 15.2. The normalized spacial score (nSPS) is 15.6. The third kappa shape index (κ3) is 3.94. The van der Waals surface area contributed by atoms with Crippen molar-refractivity contribution in [3.63, 3.8) is 0 Å². The second kappa shape index (κ2) is 8.51. The lowest BCUT2D eigenvalue weighted by molar-refractivity contribution is 0.414.